The number of nitrogens with one attached hydrogen (secondary N) is 2. The van der Waals surface area contributed by atoms with Crippen molar-refractivity contribution in [2.24, 2.45) is 0 Å². The molecule has 0 spiro atoms. The van der Waals surface area contributed by atoms with E-state index in [-0.39, 0.29) is 6.03 Å². The van der Waals surface area contributed by atoms with Crippen molar-refractivity contribution in [1.29, 1.82) is 0 Å². The van der Waals surface area contributed by atoms with Gasteiger partial charge in [-0.25, -0.2) is 14.8 Å². The van der Waals surface area contributed by atoms with Crippen LogP contribution in [0.15, 0.2) is 61.1 Å². The van der Waals surface area contributed by atoms with Crippen molar-refractivity contribution in [3.8, 4) is 22.9 Å². The van der Waals surface area contributed by atoms with Crippen molar-refractivity contribution >= 4 is 22.9 Å². The lowest BCUT2D eigenvalue weighted by Crippen LogP contribution is -2.30. The molecule has 9 nitrogen and oxygen atoms in total. The average Bonchev–Trinajstić information content (AvgIpc) is 3.21. The Morgan fingerprint density at radius 3 is 2.75 bits per heavy atom. The van der Waals surface area contributed by atoms with Gasteiger partial charge >= 0.3 is 6.03 Å². The van der Waals surface area contributed by atoms with Crippen LogP contribution >= 0.6 is 0 Å². The van der Waals surface area contributed by atoms with E-state index >= 15 is 0 Å². The molecular weight excluding hydrogens is 408 g/mol. The normalized spacial score (nSPS) is 12.5. The van der Waals surface area contributed by atoms with Gasteiger partial charge in [-0.1, -0.05) is 0 Å². The smallest absolute Gasteiger partial charge is 0.319 e. The predicted molar refractivity (Wildman–Crippen MR) is 120 cm³/mol. The van der Waals surface area contributed by atoms with Crippen LogP contribution in [-0.2, 0) is 6.54 Å². The number of aryl methyl sites for hydroxylation is 1. The Morgan fingerprint density at radius 2 is 1.88 bits per heavy atom. The molecule has 3 aromatic heterocycles. The summed E-state index contributed by atoms with van der Waals surface area (Å²) >= 11 is 0. The first kappa shape index (κ1) is 19.8. The van der Waals surface area contributed by atoms with E-state index < -0.39 is 0 Å². The first-order valence-corrected chi connectivity index (χ1v) is 10.4. The lowest BCUT2D eigenvalue weighted by atomic mass is 10.2. The van der Waals surface area contributed by atoms with Crippen molar-refractivity contribution < 1.29 is 14.3 Å². The number of rotatable bonds is 6. The quantitative estimate of drug-likeness (QED) is 0.454. The summed E-state index contributed by atoms with van der Waals surface area (Å²) in [6.07, 6.45) is 5.97. The minimum Gasteiger partial charge on any atom is -0.486 e. The van der Waals surface area contributed by atoms with Crippen molar-refractivity contribution in [3.05, 3.63) is 61.1 Å². The average molecular weight is 430 g/mol. The molecule has 9 heteroatoms. The summed E-state index contributed by atoms with van der Waals surface area (Å²) in [4.78, 5) is 25.6. The van der Waals surface area contributed by atoms with Crippen LogP contribution < -0.4 is 20.1 Å². The molecule has 0 saturated heterocycles. The number of carbonyl (C=O) groups excluding carboxylic acids is 1. The highest BCUT2D eigenvalue weighted by atomic mass is 16.6. The molecule has 1 aliphatic heterocycles. The van der Waals surface area contributed by atoms with E-state index in [0.717, 1.165) is 22.6 Å². The number of hydrogen-bond donors (Lipinski definition) is 2. The van der Waals surface area contributed by atoms with Crippen molar-refractivity contribution in [1.82, 2.24) is 24.8 Å². The van der Waals surface area contributed by atoms with Gasteiger partial charge in [0.15, 0.2) is 17.1 Å². The fourth-order valence-electron chi connectivity index (χ4n) is 3.63. The maximum atomic E-state index is 12.3. The highest BCUT2D eigenvalue weighted by Gasteiger charge is 2.14. The van der Waals surface area contributed by atoms with E-state index in [0.29, 0.717) is 49.9 Å². The molecule has 1 aromatic carbocycles. The third-order valence-corrected chi connectivity index (χ3v) is 5.09. The zero-order valence-electron chi connectivity index (χ0n) is 17.3. The molecule has 0 unspecified atom stereocenters. The number of pyridine rings is 2. The van der Waals surface area contributed by atoms with Crippen LogP contribution in [0.25, 0.3) is 22.6 Å². The second-order valence-corrected chi connectivity index (χ2v) is 7.26. The first-order chi connectivity index (χ1) is 15.8. The molecule has 1 aliphatic rings. The number of urea groups is 1. The van der Waals surface area contributed by atoms with E-state index in [2.05, 4.69) is 25.2 Å². The molecule has 2 amide bonds. The molecule has 0 bridgehead atoms. The SMILES string of the molecule is O=C(NCCCn1c(-c2ccncc2)nc2cccnc21)Nc1ccc2c(c1)OCCO2. The number of nitrogens with zero attached hydrogens (tertiary/aromatic N) is 4. The zero-order chi connectivity index (χ0) is 21.8. The van der Waals surface area contributed by atoms with Gasteiger partial charge in [0.05, 0.1) is 0 Å². The maximum Gasteiger partial charge on any atom is 0.319 e. The molecule has 4 heterocycles. The Morgan fingerprint density at radius 1 is 1.03 bits per heavy atom. The lowest BCUT2D eigenvalue weighted by molar-refractivity contribution is 0.171. The Labute approximate surface area is 184 Å². The van der Waals surface area contributed by atoms with Crippen LogP contribution in [0.3, 0.4) is 0 Å². The van der Waals surface area contributed by atoms with Crippen LogP contribution in [0.2, 0.25) is 0 Å². The van der Waals surface area contributed by atoms with Gasteiger partial charge in [0, 0.05) is 49.0 Å². The van der Waals surface area contributed by atoms with Crippen LogP contribution in [0.4, 0.5) is 10.5 Å². The van der Waals surface area contributed by atoms with E-state index in [4.69, 9.17) is 14.5 Å². The van der Waals surface area contributed by atoms with Crippen LogP contribution in [0.1, 0.15) is 6.42 Å². The summed E-state index contributed by atoms with van der Waals surface area (Å²) in [7, 11) is 0. The summed E-state index contributed by atoms with van der Waals surface area (Å²) in [5.41, 5.74) is 3.28. The van der Waals surface area contributed by atoms with Gasteiger partial charge in [-0.05, 0) is 42.8 Å². The zero-order valence-corrected chi connectivity index (χ0v) is 17.3. The Bertz CT molecular complexity index is 1240. The van der Waals surface area contributed by atoms with Crippen LogP contribution in [0.5, 0.6) is 11.5 Å². The van der Waals surface area contributed by atoms with E-state index in [1.807, 2.05) is 24.3 Å². The molecule has 32 heavy (non-hydrogen) atoms. The Hall–Kier alpha value is -4.14. The number of aromatic nitrogens is 4. The first-order valence-electron chi connectivity index (χ1n) is 10.4. The maximum absolute atomic E-state index is 12.3. The fourth-order valence-corrected chi connectivity index (χ4v) is 3.63. The van der Waals surface area contributed by atoms with Gasteiger partial charge in [-0.15, -0.1) is 0 Å². The van der Waals surface area contributed by atoms with Crippen LogP contribution in [-0.4, -0.2) is 45.3 Å². The van der Waals surface area contributed by atoms with Crippen molar-refractivity contribution in [2.75, 3.05) is 25.1 Å². The molecular formula is C23H22N6O3. The van der Waals surface area contributed by atoms with Crippen molar-refractivity contribution in [3.63, 3.8) is 0 Å². The molecule has 5 rings (SSSR count). The highest BCUT2D eigenvalue weighted by Crippen LogP contribution is 2.32. The minimum atomic E-state index is -0.273. The molecule has 2 N–H and O–H groups in total. The summed E-state index contributed by atoms with van der Waals surface area (Å²) in [6, 6.07) is 12.7. The lowest BCUT2D eigenvalue weighted by Gasteiger charge is -2.19. The topological polar surface area (TPSA) is 103 Å². The third-order valence-electron chi connectivity index (χ3n) is 5.09. The largest absolute Gasteiger partial charge is 0.486 e. The van der Waals surface area contributed by atoms with Crippen molar-refractivity contribution in [2.45, 2.75) is 13.0 Å². The third kappa shape index (κ3) is 4.18. The predicted octanol–water partition coefficient (Wildman–Crippen LogP) is 3.48. The molecule has 0 fully saturated rings. The van der Waals surface area contributed by atoms with E-state index in [1.165, 1.54) is 0 Å². The van der Waals surface area contributed by atoms with E-state index in [1.54, 1.807) is 36.8 Å². The standard InChI is InChI=1S/C23H22N6O3/c30-23(27-17-4-5-19-20(15-17)32-14-13-31-19)26-9-2-12-29-21(16-6-10-24-11-7-16)28-18-3-1-8-25-22(18)29/h1,3-8,10-11,15H,2,9,12-14H2,(H2,26,27,30). The van der Waals surface area contributed by atoms with Gasteiger partial charge in [0.2, 0.25) is 0 Å². The number of imidazole rings is 1. The fraction of sp³-hybridized carbons (Fsp3) is 0.217. The minimum absolute atomic E-state index is 0.273. The molecule has 0 radical (unpaired) electrons. The summed E-state index contributed by atoms with van der Waals surface area (Å²) in [5.74, 6) is 2.16. The summed E-state index contributed by atoms with van der Waals surface area (Å²) in [5, 5.41) is 5.72. The molecule has 162 valence electrons. The van der Waals surface area contributed by atoms with Gasteiger partial charge in [-0.2, -0.15) is 0 Å². The monoisotopic (exact) mass is 430 g/mol. The number of amides is 2. The summed E-state index contributed by atoms with van der Waals surface area (Å²) in [6.45, 7) is 2.20. The van der Waals surface area contributed by atoms with Gasteiger partial charge in [0.25, 0.3) is 0 Å². The van der Waals surface area contributed by atoms with Gasteiger partial charge in [0.1, 0.15) is 24.6 Å². The number of carbonyl (C=O) groups is 1. The van der Waals surface area contributed by atoms with Gasteiger partial charge in [-0.3, -0.25) is 4.98 Å². The number of hydrogen-bond acceptors (Lipinski definition) is 6. The number of benzene rings is 1. The number of anilines is 1. The second kappa shape index (κ2) is 8.93. The highest BCUT2D eigenvalue weighted by molar-refractivity contribution is 5.89. The summed E-state index contributed by atoms with van der Waals surface area (Å²) < 4.78 is 13.1. The molecule has 0 atom stereocenters. The molecule has 4 aromatic rings. The molecule has 0 saturated carbocycles. The van der Waals surface area contributed by atoms with Gasteiger partial charge < -0.3 is 24.7 Å². The van der Waals surface area contributed by atoms with E-state index in [9.17, 15) is 4.79 Å². The Kier molecular flexibility index (Phi) is 5.52. The molecule has 0 aliphatic carbocycles. The number of fused-ring (bicyclic) bond motifs is 2. The number of ether oxygens (including phenoxy) is 2. The van der Waals surface area contributed by atoms with Crippen LogP contribution in [0, 0.1) is 0 Å². The second-order valence-electron chi connectivity index (χ2n) is 7.26. The Balaban J connectivity index is 1.21.